The molecule has 2 aromatic carbocycles. The zero-order valence-corrected chi connectivity index (χ0v) is 14.2. The first kappa shape index (κ1) is 15.6. The van der Waals surface area contributed by atoms with Crippen molar-refractivity contribution in [3.05, 3.63) is 53.6 Å². The van der Waals surface area contributed by atoms with Crippen LogP contribution in [0.4, 0.5) is 5.13 Å². The van der Waals surface area contributed by atoms with Gasteiger partial charge in [0, 0.05) is 5.56 Å². The van der Waals surface area contributed by atoms with E-state index in [1.807, 2.05) is 25.1 Å². The van der Waals surface area contributed by atoms with Crippen molar-refractivity contribution in [2.24, 2.45) is 0 Å². The van der Waals surface area contributed by atoms with Crippen molar-refractivity contribution in [3.63, 3.8) is 0 Å². The molecule has 7 heteroatoms. The number of rotatable bonds is 4. The van der Waals surface area contributed by atoms with Crippen LogP contribution in [0.1, 0.15) is 22.8 Å². The lowest BCUT2D eigenvalue weighted by Crippen LogP contribution is -2.12. The van der Waals surface area contributed by atoms with Crippen molar-refractivity contribution in [2.45, 2.75) is 18.7 Å². The van der Waals surface area contributed by atoms with Gasteiger partial charge in [-0.3, -0.25) is 9.52 Å². The third kappa shape index (κ3) is 3.25. The molecule has 0 aliphatic carbocycles. The van der Waals surface area contributed by atoms with Crippen molar-refractivity contribution in [2.75, 3.05) is 4.72 Å². The maximum absolute atomic E-state index is 12.4. The zero-order valence-electron chi connectivity index (χ0n) is 12.5. The van der Waals surface area contributed by atoms with Crippen molar-refractivity contribution < 1.29 is 13.2 Å². The van der Waals surface area contributed by atoms with Crippen LogP contribution in [0.3, 0.4) is 0 Å². The molecule has 0 fully saturated rings. The van der Waals surface area contributed by atoms with Crippen LogP contribution in [0.15, 0.2) is 47.4 Å². The fraction of sp³-hybridized carbons (Fsp3) is 0.125. The number of hydrogen-bond donors (Lipinski definition) is 1. The topological polar surface area (TPSA) is 76.1 Å². The van der Waals surface area contributed by atoms with Crippen LogP contribution >= 0.6 is 11.3 Å². The van der Waals surface area contributed by atoms with Crippen LogP contribution in [0.5, 0.6) is 0 Å². The fourth-order valence-electron chi connectivity index (χ4n) is 2.12. The zero-order chi connectivity index (χ0) is 16.6. The van der Waals surface area contributed by atoms with Gasteiger partial charge in [-0.25, -0.2) is 13.4 Å². The van der Waals surface area contributed by atoms with Gasteiger partial charge in [0.2, 0.25) is 0 Å². The van der Waals surface area contributed by atoms with Crippen LogP contribution in [0, 0.1) is 6.92 Å². The van der Waals surface area contributed by atoms with Gasteiger partial charge in [0.05, 0.1) is 15.1 Å². The summed E-state index contributed by atoms with van der Waals surface area (Å²) in [6.07, 6.45) is 0. The summed E-state index contributed by atoms with van der Waals surface area (Å²) in [4.78, 5) is 15.6. The number of carbonyl (C=O) groups excluding carboxylic acids is 1. The molecule has 0 saturated carbocycles. The third-order valence-electron chi connectivity index (χ3n) is 3.34. The van der Waals surface area contributed by atoms with Gasteiger partial charge in [-0.05, 0) is 43.7 Å². The molecule has 1 heterocycles. The number of Topliss-reactive ketones (excluding diaryl/α,β-unsaturated/α-hetero) is 1. The molecular formula is C16H14N2O3S2. The number of sulfonamides is 1. The smallest absolute Gasteiger partial charge is 0.263 e. The quantitative estimate of drug-likeness (QED) is 0.732. The number of benzene rings is 2. The van der Waals surface area contributed by atoms with Crippen LogP contribution in [-0.2, 0) is 10.0 Å². The van der Waals surface area contributed by atoms with Gasteiger partial charge in [0.1, 0.15) is 0 Å². The van der Waals surface area contributed by atoms with E-state index in [0.29, 0.717) is 10.7 Å². The average Bonchev–Trinajstić information content (AvgIpc) is 2.87. The van der Waals surface area contributed by atoms with E-state index in [1.165, 1.54) is 42.5 Å². The van der Waals surface area contributed by atoms with Gasteiger partial charge in [-0.15, -0.1) is 0 Å². The summed E-state index contributed by atoms with van der Waals surface area (Å²) in [6, 6.07) is 11.6. The maximum Gasteiger partial charge on any atom is 0.263 e. The lowest BCUT2D eigenvalue weighted by atomic mass is 10.2. The number of carbonyl (C=O) groups is 1. The molecule has 1 aromatic heterocycles. The minimum Gasteiger partial charge on any atom is -0.295 e. The number of aromatic nitrogens is 1. The highest BCUT2D eigenvalue weighted by Crippen LogP contribution is 2.28. The first-order valence-electron chi connectivity index (χ1n) is 6.86. The van der Waals surface area contributed by atoms with Gasteiger partial charge < -0.3 is 0 Å². The monoisotopic (exact) mass is 346 g/mol. The van der Waals surface area contributed by atoms with E-state index >= 15 is 0 Å². The molecule has 0 saturated heterocycles. The number of aryl methyl sites for hydroxylation is 1. The Bertz CT molecular complexity index is 990. The Morgan fingerprint density at radius 1 is 1.13 bits per heavy atom. The van der Waals surface area contributed by atoms with Crippen molar-refractivity contribution in [1.82, 2.24) is 4.98 Å². The average molecular weight is 346 g/mol. The van der Waals surface area contributed by atoms with E-state index in [2.05, 4.69) is 9.71 Å². The summed E-state index contributed by atoms with van der Waals surface area (Å²) in [5.74, 6) is -0.108. The minimum absolute atomic E-state index is 0.0953. The third-order valence-corrected chi connectivity index (χ3v) is 5.75. The van der Waals surface area contributed by atoms with Gasteiger partial charge in [0.15, 0.2) is 10.9 Å². The minimum atomic E-state index is -3.73. The normalized spacial score (nSPS) is 11.6. The van der Waals surface area contributed by atoms with Crippen LogP contribution in [0.25, 0.3) is 10.2 Å². The van der Waals surface area contributed by atoms with Crippen molar-refractivity contribution >= 4 is 42.5 Å². The highest BCUT2D eigenvalue weighted by molar-refractivity contribution is 7.93. The highest BCUT2D eigenvalue weighted by Gasteiger charge is 2.17. The standard InChI is InChI=1S/C16H14N2O3S2/c1-10-3-8-14-15(9-10)22-16(17-14)18-23(20,21)13-6-4-12(5-7-13)11(2)19/h3-9H,1-2H3,(H,17,18). The summed E-state index contributed by atoms with van der Waals surface area (Å²) < 4.78 is 28.2. The van der Waals surface area contributed by atoms with E-state index in [-0.39, 0.29) is 10.7 Å². The molecule has 3 aromatic rings. The molecule has 0 bridgehead atoms. The second-order valence-electron chi connectivity index (χ2n) is 5.18. The van der Waals surface area contributed by atoms with Gasteiger partial charge >= 0.3 is 0 Å². The van der Waals surface area contributed by atoms with E-state index in [9.17, 15) is 13.2 Å². The Labute approximate surface area is 138 Å². The van der Waals surface area contributed by atoms with E-state index in [1.54, 1.807) is 0 Å². The van der Waals surface area contributed by atoms with E-state index < -0.39 is 10.0 Å². The molecule has 0 unspecified atom stereocenters. The van der Waals surface area contributed by atoms with Crippen molar-refractivity contribution in [1.29, 1.82) is 0 Å². The van der Waals surface area contributed by atoms with Gasteiger partial charge in [-0.1, -0.05) is 29.5 Å². The second-order valence-corrected chi connectivity index (χ2v) is 7.89. The molecule has 1 N–H and O–H groups in total. The fourth-order valence-corrected chi connectivity index (χ4v) is 4.32. The Morgan fingerprint density at radius 3 is 2.48 bits per heavy atom. The highest BCUT2D eigenvalue weighted by atomic mass is 32.2. The summed E-state index contributed by atoms with van der Waals surface area (Å²) in [7, 11) is -3.73. The largest absolute Gasteiger partial charge is 0.295 e. The van der Waals surface area contributed by atoms with E-state index in [4.69, 9.17) is 0 Å². The Balaban J connectivity index is 1.91. The molecule has 0 aliphatic heterocycles. The molecule has 0 radical (unpaired) electrons. The Kier molecular flexibility index (Phi) is 3.91. The number of ketones is 1. The number of thiazole rings is 1. The Hall–Kier alpha value is -2.25. The van der Waals surface area contributed by atoms with Crippen LogP contribution < -0.4 is 4.72 Å². The van der Waals surface area contributed by atoms with Gasteiger partial charge in [0.25, 0.3) is 10.0 Å². The summed E-state index contributed by atoms with van der Waals surface area (Å²) in [5, 5.41) is 0.321. The van der Waals surface area contributed by atoms with Crippen LogP contribution in [0.2, 0.25) is 0 Å². The molecule has 0 atom stereocenters. The predicted octanol–water partition coefficient (Wildman–Crippen LogP) is 3.61. The molecular weight excluding hydrogens is 332 g/mol. The number of fused-ring (bicyclic) bond motifs is 1. The molecule has 0 spiro atoms. The molecule has 0 amide bonds. The predicted molar refractivity (Wildman–Crippen MR) is 91.6 cm³/mol. The molecule has 0 aliphatic rings. The number of hydrogen-bond acceptors (Lipinski definition) is 5. The lowest BCUT2D eigenvalue weighted by molar-refractivity contribution is 0.101. The first-order chi connectivity index (χ1) is 10.8. The van der Waals surface area contributed by atoms with Crippen molar-refractivity contribution in [3.8, 4) is 0 Å². The number of nitrogens with one attached hydrogen (secondary N) is 1. The second kappa shape index (κ2) is 5.75. The molecule has 5 nitrogen and oxygen atoms in total. The molecule has 118 valence electrons. The first-order valence-corrected chi connectivity index (χ1v) is 9.16. The molecule has 3 rings (SSSR count). The maximum atomic E-state index is 12.4. The van der Waals surface area contributed by atoms with Crippen LogP contribution in [-0.4, -0.2) is 19.2 Å². The lowest BCUT2D eigenvalue weighted by Gasteiger charge is -2.05. The van der Waals surface area contributed by atoms with E-state index in [0.717, 1.165) is 15.8 Å². The summed E-state index contributed by atoms with van der Waals surface area (Å²) in [5.41, 5.74) is 2.32. The summed E-state index contributed by atoms with van der Waals surface area (Å²) in [6.45, 7) is 3.41. The SMILES string of the molecule is CC(=O)c1ccc(S(=O)(=O)Nc2nc3ccc(C)cc3s2)cc1. The number of nitrogens with zero attached hydrogens (tertiary/aromatic N) is 1. The number of anilines is 1. The summed E-state index contributed by atoms with van der Waals surface area (Å²) >= 11 is 1.29. The Morgan fingerprint density at radius 2 is 1.83 bits per heavy atom. The van der Waals surface area contributed by atoms with Gasteiger partial charge in [-0.2, -0.15) is 0 Å². The molecule has 23 heavy (non-hydrogen) atoms.